The second kappa shape index (κ2) is 8.01. The van der Waals surface area contributed by atoms with Crippen molar-refractivity contribution in [2.24, 2.45) is 0 Å². The molecule has 0 aliphatic carbocycles. The summed E-state index contributed by atoms with van der Waals surface area (Å²) in [7, 11) is 0. The fourth-order valence-electron chi connectivity index (χ4n) is 3.14. The quantitative estimate of drug-likeness (QED) is 0.406. The van der Waals surface area contributed by atoms with E-state index < -0.39 is 11.9 Å². The molecule has 5 heteroatoms. The summed E-state index contributed by atoms with van der Waals surface area (Å²) >= 11 is 0. The van der Waals surface area contributed by atoms with Crippen LogP contribution in [0.1, 0.15) is 20.7 Å². The van der Waals surface area contributed by atoms with E-state index in [1.54, 1.807) is 24.3 Å². The summed E-state index contributed by atoms with van der Waals surface area (Å²) in [6.45, 7) is 0. The molecular formula is C25H17O5+. The molecule has 3 aromatic carbocycles. The van der Waals surface area contributed by atoms with E-state index in [0.717, 1.165) is 22.3 Å². The first-order valence-corrected chi connectivity index (χ1v) is 9.22. The highest BCUT2D eigenvalue weighted by Crippen LogP contribution is 2.33. The van der Waals surface area contributed by atoms with Crippen LogP contribution in [0.2, 0.25) is 0 Å². The monoisotopic (exact) mass is 397 g/mol. The van der Waals surface area contributed by atoms with Crippen molar-refractivity contribution >= 4 is 11.9 Å². The van der Waals surface area contributed by atoms with E-state index in [1.807, 2.05) is 42.5 Å². The SMILES string of the molecule is O=C(O)c1ccc(-c2cc(-c3ccccc3)cc(-c3ccc(C(=O)O)cc3)[o+]2)cc1. The Morgan fingerprint density at radius 3 is 1.37 bits per heavy atom. The summed E-state index contributed by atoms with van der Waals surface area (Å²) in [5.74, 6) is -0.831. The standard InChI is InChI=1S/C25H16O5/c26-24(27)19-10-6-17(7-11-19)22-14-21(16-4-2-1-3-5-16)15-23(30-22)18-8-12-20(13-9-18)25(28)29/h1-15H,(H-,26,27,28,29)/p+1. The number of benzene rings is 3. The van der Waals surface area contributed by atoms with E-state index in [1.165, 1.54) is 24.3 Å². The average Bonchev–Trinajstić information content (AvgIpc) is 2.79. The van der Waals surface area contributed by atoms with Gasteiger partial charge >= 0.3 is 23.5 Å². The van der Waals surface area contributed by atoms with E-state index in [-0.39, 0.29) is 11.1 Å². The zero-order valence-electron chi connectivity index (χ0n) is 15.8. The van der Waals surface area contributed by atoms with Crippen LogP contribution in [0, 0.1) is 0 Å². The fourth-order valence-corrected chi connectivity index (χ4v) is 3.14. The van der Waals surface area contributed by atoms with Crippen molar-refractivity contribution in [1.29, 1.82) is 0 Å². The Bertz CT molecular complexity index is 1140. The van der Waals surface area contributed by atoms with Gasteiger partial charge in [-0.25, -0.2) is 14.0 Å². The number of carbonyl (C=O) groups is 2. The zero-order chi connectivity index (χ0) is 21.1. The van der Waals surface area contributed by atoms with Gasteiger partial charge in [-0.15, -0.1) is 0 Å². The maximum absolute atomic E-state index is 11.1. The van der Waals surface area contributed by atoms with Gasteiger partial charge in [0.15, 0.2) is 0 Å². The van der Waals surface area contributed by atoms with E-state index >= 15 is 0 Å². The molecule has 0 amide bonds. The molecule has 1 aromatic heterocycles. The highest BCUT2D eigenvalue weighted by molar-refractivity contribution is 5.89. The Balaban J connectivity index is 1.84. The summed E-state index contributed by atoms with van der Waals surface area (Å²) in [4.78, 5) is 22.3. The molecule has 0 saturated heterocycles. The molecule has 5 nitrogen and oxygen atoms in total. The molecule has 4 rings (SSSR count). The molecule has 1 heterocycles. The van der Waals surface area contributed by atoms with Gasteiger partial charge in [0, 0.05) is 5.56 Å². The maximum atomic E-state index is 11.1. The van der Waals surface area contributed by atoms with Gasteiger partial charge in [-0.1, -0.05) is 30.3 Å². The van der Waals surface area contributed by atoms with Gasteiger partial charge in [-0.3, -0.25) is 0 Å². The zero-order valence-corrected chi connectivity index (χ0v) is 15.8. The van der Waals surface area contributed by atoms with Crippen molar-refractivity contribution in [2.75, 3.05) is 0 Å². The Kier molecular flexibility index (Phi) is 5.09. The van der Waals surface area contributed by atoms with E-state index in [2.05, 4.69) is 0 Å². The number of hydrogen-bond donors (Lipinski definition) is 2. The maximum Gasteiger partial charge on any atom is 0.361 e. The molecule has 0 saturated carbocycles. The molecule has 0 bridgehead atoms. The second-order valence-electron chi connectivity index (χ2n) is 6.71. The van der Waals surface area contributed by atoms with Crippen molar-refractivity contribution in [1.82, 2.24) is 0 Å². The highest BCUT2D eigenvalue weighted by Gasteiger charge is 2.21. The lowest BCUT2D eigenvalue weighted by Gasteiger charge is -2.03. The largest absolute Gasteiger partial charge is 0.478 e. The fraction of sp³-hybridized carbons (Fsp3) is 0. The van der Waals surface area contributed by atoms with Crippen LogP contribution in [0.5, 0.6) is 0 Å². The van der Waals surface area contributed by atoms with Crippen molar-refractivity contribution in [2.45, 2.75) is 0 Å². The summed E-state index contributed by atoms with van der Waals surface area (Å²) in [5.41, 5.74) is 3.80. The molecule has 0 aliphatic heterocycles. The lowest BCUT2D eigenvalue weighted by Crippen LogP contribution is -1.95. The van der Waals surface area contributed by atoms with E-state index in [9.17, 15) is 9.59 Å². The van der Waals surface area contributed by atoms with E-state index in [0.29, 0.717) is 11.5 Å². The average molecular weight is 397 g/mol. The summed E-state index contributed by atoms with van der Waals surface area (Å²) in [6, 6.07) is 26.6. The third-order valence-corrected chi connectivity index (χ3v) is 4.73. The highest BCUT2D eigenvalue weighted by atomic mass is 16.4. The molecule has 2 N–H and O–H groups in total. The number of hydrogen-bond acceptors (Lipinski definition) is 2. The van der Waals surface area contributed by atoms with Crippen molar-refractivity contribution in [3.8, 4) is 33.8 Å². The van der Waals surface area contributed by atoms with Gasteiger partial charge in [0.1, 0.15) is 0 Å². The van der Waals surface area contributed by atoms with Gasteiger partial charge in [-0.2, -0.15) is 0 Å². The third kappa shape index (κ3) is 3.95. The van der Waals surface area contributed by atoms with Crippen LogP contribution in [-0.4, -0.2) is 22.2 Å². The topological polar surface area (TPSA) is 85.9 Å². The van der Waals surface area contributed by atoms with Gasteiger partial charge in [0.05, 0.1) is 34.4 Å². The summed E-state index contributed by atoms with van der Waals surface area (Å²) in [6.07, 6.45) is 0. The van der Waals surface area contributed by atoms with Gasteiger partial charge < -0.3 is 10.2 Å². The Morgan fingerprint density at radius 1 is 0.533 bits per heavy atom. The summed E-state index contributed by atoms with van der Waals surface area (Å²) in [5, 5.41) is 18.3. The van der Waals surface area contributed by atoms with Gasteiger partial charge in [0.2, 0.25) is 0 Å². The first-order chi connectivity index (χ1) is 14.5. The van der Waals surface area contributed by atoms with Crippen LogP contribution in [0.15, 0.2) is 95.4 Å². The minimum atomic E-state index is -0.990. The minimum absolute atomic E-state index is 0.197. The van der Waals surface area contributed by atoms with Crippen LogP contribution in [-0.2, 0) is 0 Å². The van der Waals surface area contributed by atoms with Crippen LogP contribution in [0.3, 0.4) is 0 Å². The Hall–Kier alpha value is -4.25. The lowest BCUT2D eigenvalue weighted by molar-refractivity contribution is 0.0686. The molecule has 0 aliphatic rings. The molecule has 4 aromatic rings. The van der Waals surface area contributed by atoms with Crippen LogP contribution < -0.4 is 0 Å². The number of rotatable bonds is 5. The molecule has 0 radical (unpaired) electrons. The smallest absolute Gasteiger partial charge is 0.361 e. The molecule has 0 atom stereocenters. The first-order valence-electron chi connectivity index (χ1n) is 9.22. The molecule has 0 spiro atoms. The van der Waals surface area contributed by atoms with Crippen LogP contribution in [0.25, 0.3) is 33.8 Å². The van der Waals surface area contributed by atoms with Gasteiger partial charge in [-0.05, 0) is 54.1 Å². The Morgan fingerprint density at radius 2 is 0.967 bits per heavy atom. The lowest BCUT2D eigenvalue weighted by atomic mass is 10.0. The normalized spacial score (nSPS) is 10.5. The van der Waals surface area contributed by atoms with Crippen LogP contribution in [0.4, 0.5) is 0 Å². The predicted octanol–water partition coefficient (Wildman–Crippen LogP) is 5.96. The predicted molar refractivity (Wildman–Crippen MR) is 113 cm³/mol. The van der Waals surface area contributed by atoms with Gasteiger partial charge in [0.25, 0.3) is 0 Å². The van der Waals surface area contributed by atoms with Crippen molar-refractivity contribution in [3.63, 3.8) is 0 Å². The number of carboxylic acids is 2. The molecule has 146 valence electrons. The number of aromatic carboxylic acids is 2. The van der Waals surface area contributed by atoms with Crippen molar-refractivity contribution < 1.29 is 24.2 Å². The van der Waals surface area contributed by atoms with Crippen molar-refractivity contribution in [3.05, 3.63) is 102 Å². The molecule has 0 unspecified atom stereocenters. The Labute approximate surface area is 172 Å². The van der Waals surface area contributed by atoms with Crippen LogP contribution >= 0.6 is 0 Å². The summed E-state index contributed by atoms with van der Waals surface area (Å²) < 4.78 is 6.12. The van der Waals surface area contributed by atoms with E-state index in [4.69, 9.17) is 14.6 Å². The molecular weight excluding hydrogens is 380 g/mol. The third-order valence-electron chi connectivity index (χ3n) is 4.73. The number of carboxylic acid groups (broad SMARTS) is 2. The molecule has 30 heavy (non-hydrogen) atoms. The second-order valence-corrected chi connectivity index (χ2v) is 6.71. The molecule has 0 fully saturated rings. The first kappa shape index (κ1) is 19.1. The minimum Gasteiger partial charge on any atom is -0.478 e.